The van der Waals surface area contributed by atoms with Crippen LogP contribution in [0.25, 0.3) is 0 Å². The maximum absolute atomic E-state index is 12.9. The first kappa shape index (κ1) is 24.1. The average molecular weight is 492 g/mol. The molecule has 4 bridgehead atoms. The molecule has 0 radical (unpaired) electrons. The molecule has 6 heteroatoms. The fraction of sp³-hybridized carbons (Fsp3) is 0.483. The van der Waals surface area contributed by atoms with Crippen molar-refractivity contribution in [1.29, 1.82) is 0 Å². The Balaban J connectivity index is 1.17. The van der Waals surface area contributed by atoms with Crippen LogP contribution in [0.1, 0.15) is 70.4 Å². The van der Waals surface area contributed by atoms with Crippen LogP contribution in [0.3, 0.4) is 0 Å². The maximum atomic E-state index is 12.9. The van der Waals surface area contributed by atoms with E-state index in [0.717, 1.165) is 48.1 Å². The van der Waals surface area contributed by atoms with E-state index in [1.165, 1.54) is 31.0 Å². The summed E-state index contributed by atoms with van der Waals surface area (Å²) < 4.78 is 5.38. The van der Waals surface area contributed by atoms with Crippen molar-refractivity contribution in [3.05, 3.63) is 64.7 Å². The summed E-state index contributed by atoms with van der Waals surface area (Å²) in [7, 11) is 0. The predicted octanol–water partition coefficient (Wildman–Crippen LogP) is 5.52. The largest absolute Gasteiger partial charge is 0.454 e. The number of hydrogen-bond donors (Lipinski definition) is 1. The van der Waals surface area contributed by atoms with Gasteiger partial charge in [0, 0.05) is 16.0 Å². The molecular weight excluding hydrogens is 458 g/mol. The van der Waals surface area contributed by atoms with Gasteiger partial charge < -0.3 is 10.1 Å². The molecule has 0 aliphatic heterocycles. The standard InChI is InChI=1S/C29H33NO4S/c1-18-7-8-19(2)24(9-18)25(31)16-34-28(33)23-5-3-4-6-26(23)35-17-27(32)30-29-13-20-10-21(14-29)12-22(11-20)15-29/h3-9,20-22H,10-17H2,1-2H3,(H,30,32). The lowest BCUT2D eigenvalue weighted by atomic mass is 9.53. The smallest absolute Gasteiger partial charge is 0.339 e. The number of benzene rings is 2. The van der Waals surface area contributed by atoms with Gasteiger partial charge in [-0.25, -0.2) is 4.79 Å². The second kappa shape index (κ2) is 9.81. The zero-order valence-electron chi connectivity index (χ0n) is 20.5. The van der Waals surface area contributed by atoms with Crippen molar-refractivity contribution < 1.29 is 19.1 Å². The van der Waals surface area contributed by atoms with Gasteiger partial charge in [-0.3, -0.25) is 9.59 Å². The van der Waals surface area contributed by atoms with Crippen LogP contribution in [0.2, 0.25) is 0 Å². The monoisotopic (exact) mass is 491 g/mol. The molecule has 35 heavy (non-hydrogen) atoms. The van der Waals surface area contributed by atoms with Crippen molar-refractivity contribution in [3.63, 3.8) is 0 Å². The molecule has 0 unspecified atom stereocenters. The van der Waals surface area contributed by atoms with Crippen molar-refractivity contribution in [2.75, 3.05) is 12.4 Å². The minimum Gasteiger partial charge on any atom is -0.454 e. The number of carbonyl (C=O) groups is 3. The molecule has 1 N–H and O–H groups in total. The first-order valence-electron chi connectivity index (χ1n) is 12.6. The zero-order chi connectivity index (χ0) is 24.6. The minimum atomic E-state index is -0.548. The number of esters is 1. The van der Waals surface area contributed by atoms with E-state index in [4.69, 9.17) is 4.74 Å². The van der Waals surface area contributed by atoms with Gasteiger partial charge in [0.2, 0.25) is 11.7 Å². The molecule has 4 aliphatic rings. The second-order valence-electron chi connectivity index (χ2n) is 10.8. The van der Waals surface area contributed by atoms with E-state index in [2.05, 4.69) is 5.32 Å². The molecule has 184 valence electrons. The van der Waals surface area contributed by atoms with Gasteiger partial charge >= 0.3 is 5.97 Å². The molecule has 0 heterocycles. The number of thioether (sulfide) groups is 1. The van der Waals surface area contributed by atoms with Gasteiger partial charge in [0.1, 0.15) is 0 Å². The van der Waals surface area contributed by atoms with Crippen LogP contribution in [0.4, 0.5) is 0 Å². The highest BCUT2D eigenvalue weighted by molar-refractivity contribution is 8.00. The first-order chi connectivity index (χ1) is 16.8. The van der Waals surface area contributed by atoms with E-state index in [1.807, 2.05) is 44.2 Å². The molecule has 0 saturated heterocycles. The van der Waals surface area contributed by atoms with Gasteiger partial charge in [-0.15, -0.1) is 11.8 Å². The number of carbonyl (C=O) groups excluding carboxylic acids is 3. The Labute approximate surface area is 211 Å². The van der Waals surface area contributed by atoms with Crippen LogP contribution >= 0.6 is 11.8 Å². The lowest BCUT2D eigenvalue weighted by Gasteiger charge is -2.56. The van der Waals surface area contributed by atoms with E-state index < -0.39 is 5.97 Å². The van der Waals surface area contributed by atoms with Crippen molar-refractivity contribution in [1.82, 2.24) is 5.32 Å². The molecule has 4 aliphatic carbocycles. The number of amides is 1. The Bertz CT molecular complexity index is 1120. The number of nitrogens with one attached hydrogen (secondary N) is 1. The Morgan fingerprint density at radius 1 is 0.943 bits per heavy atom. The minimum absolute atomic E-state index is 0.0148. The molecule has 0 aromatic heterocycles. The summed E-state index contributed by atoms with van der Waals surface area (Å²) in [5, 5.41) is 3.39. The number of hydrogen-bond acceptors (Lipinski definition) is 5. The van der Waals surface area contributed by atoms with E-state index in [-0.39, 0.29) is 29.6 Å². The summed E-state index contributed by atoms with van der Waals surface area (Å²) in [5.74, 6) is 1.84. The quantitative estimate of drug-likeness (QED) is 0.299. The molecule has 4 fully saturated rings. The number of rotatable bonds is 8. The van der Waals surface area contributed by atoms with E-state index in [9.17, 15) is 14.4 Å². The van der Waals surface area contributed by atoms with Gasteiger partial charge in [-0.05, 0) is 93.9 Å². The Kier molecular flexibility index (Phi) is 6.75. The van der Waals surface area contributed by atoms with Gasteiger partial charge in [0.15, 0.2) is 6.61 Å². The zero-order valence-corrected chi connectivity index (χ0v) is 21.3. The summed E-state index contributed by atoms with van der Waals surface area (Å²) in [6.45, 7) is 3.48. The number of Topliss-reactive ketones (excluding diaryl/α,β-unsaturated/α-hetero) is 1. The molecule has 2 aromatic rings. The van der Waals surface area contributed by atoms with Crippen molar-refractivity contribution in [3.8, 4) is 0 Å². The third-order valence-electron chi connectivity index (χ3n) is 7.94. The highest BCUT2D eigenvalue weighted by Gasteiger charge is 2.51. The summed E-state index contributed by atoms with van der Waals surface area (Å²) in [4.78, 5) is 39.0. The van der Waals surface area contributed by atoms with Crippen LogP contribution in [0.15, 0.2) is 47.4 Å². The van der Waals surface area contributed by atoms with Crippen molar-refractivity contribution >= 4 is 29.4 Å². The summed E-state index contributed by atoms with van der Waals surface area (Å²) in [6.07, 6.45) is 7.37. The van der Waals surface area contributed by atoms with Crippen LogP contribution in [-0.2, 0) is 9.53 Å². The number of ketones is 1. The van der Waals surface area contributed by atoms with E-state index in [0.29, 0.717) is 16.0 Å². The molecule has 1 amide bonds. The van der Waals surface area contributed by atoms with Gasteiger partial charge in [-0.2, -0.15) is 0 Å². The van der Waals surface area contributed by atoms with Gasteiger partial charge in [-0.1, -0.05) is 29.8 Å². The van der Waals surface area contributed by atoms with E-state index >= 15 is 0 Å². The highest BCUT2D eigenvalue weighted by atomic mass is 32.2. The van der Waals surface area contributed by atoms with Crippen LogP contribution in [0, 0.1) is 31.6 Å². The fourth-order valence-corrected chi connectivity index (χ4v) is 7.66. The highest BCUT2D eigenvalue weighted by Crippen LogP contribution is 2.55. The molecule has 0 spiro atoms. The maximum Gasteiger partial charge on any atom is 0.339 e. The Hall–Kier alpha value is -2.60. The number of aryl methyl sites for hydroxylation is 2. The third kappa shape index (κ3) is 5.32. The lowest BCUT2D eigenvalue weighted by Crippen LogP contribution is -2.60. The fourth-order valence-electron chi connectivity index (χ4n) is 6.82. The molecule has 0 atom stereocenters. The van der Waals surface area contributed by atoms with Crippen LogP contribution < -0.4 is 5.32 Å². The molecule has 6 rings (SSSR count). The molecular formula is C29H33NO4S. The lowest BCUT2D eigenvalue weighted by molar-refractivity contribution is -0.124. The third-order valence-corrected chi connectivity index (χ3v) is 9.01. The molecule has 2 aromatic carbocycles. The normalized spacial score (nSPS) is 26.4. The second-order valence-corrected chi connectivity index (χ2v) is 11.9. The van der Waals surface area contributed by atoms with Crippen LogP contribution in [0.5, 0.6) is 0 Å². The van der Waals surface area contributed by atoms with Crippen molar-refractivity contribution in [2.24, 2.45) is 17.8 Å². The van der Waals surface area contributed by atoms with Crippen molar-refractivity contribution in [2.45, 2.75) is 62.8 Å². The summed E-state index contributed by atoms with van der Waals surface area (Å²) in [5.41, 5.74) is 2.78. The summed E-state index contributed by atoms with van der Waals surface area (Å²) in [6, 6.07) is 12.8. The molecule has 4 saturated carbocycles. The van der Waals surface area contributed by atoms with E-state index in [1.54, 1.807) is 12.1 Å². The Morgan fingerprint density at radius 3 is 2.29 bits per heavy atom. The van der Waals surface area contributed by atoms with Gasteiger partial charge in [0.25, 0.3) is 0 Å². The first-order valence-corrected chi connectivity index (χ1v) is 13.6. The number of ether oxygens (including phenoxy) is 1. The Morgan fingerprint density at radius 2 is 1.60 bits per heavy atom. The summed E-state index contributed by atoms with van der Waals surface area (Å²) >= 11 is 1.35. The van der Waals surface area contributed by atoms with Gasteiger partial charge in [0.05, 0.1) is 11.3 Å². The topological polar surface area (TPSA) is 72.5 Å². The van der Waals surface area contributed by atoms with Crippen LogP contribution in [-0.4, -0.2) is 35.6 Å². The molecule has 5 nitrogen and oxygen atoms in total. The predicted molar refractivity (Wildman–Crippen MR) is 137 cm³/mol. The SMILES string of the molecule is Cc1ccc(C)c(C(=O)COC(=O)c2ccccc2SCC(=O)NC23CC4CC(CC(C4)C2)C3)c1. The average Bonchev–Trinajstić information content (AvgIpc) is 2.81.